The SMILES string of the molecule is Cc1cncc(-c2nc3nc4nc(C)[nH]c4cc3[nH]2)c1. The molecule has 0 unspecified atom stereocenters. The van der Waals surface area contributed by atoms with Crippen LogP contribution in [0.25, 0.3) is 33.7 Å². The summed E-state index contributed by atoms with van der Waals surface area (Å²) in [6.07, 6.45) is 3.61. The van der Waals surface area contributed by atoms with E-state index in [1.807, 2.05) is 32.2 Å². The minimum Gasteiger partial charge on any atom is -0.341 e. The lowest BCUT2D eigenvalue weighted by molar-refractivity contribution is 1.16. The maximum atomic E-state index is 4.52. The van der Waals surface area contributed by atoms with Crippen LogP contribution in [0.5, 0.6) is 0 Å². The van der Waals surface area contributed by atoms with Gasteiger partial charge in [-0.05, 0) is 31.5 Å². The lowest BCUT2D eigenvalue weighted by Crippen LogP contribution is -1.84. The van der Waals surface area contributed by atoms with Gasteiger partial charge in [-0.15, -0.1) is 0 Å². The molecule has 4 heterocycles. The molecule has 4 aromatic rings. The second-order valence-electron chi connectivity index (χ2n) is 4.89. The molecular formula is C14H12N6. The number of pyridine rings is 2. The van der Waals surface area contributed by atoms with E-state index in [0.29, 0.717) is 11.3 Å². The summed E-state index contributed by atoms with van der Waals surface area (Å²) in [4.78, 5) is 24.0. The molecule has 0 fully saturated rings. The van der Waals surface area contributed by atoms with Crippen molar-refractivity contribution in [3.05, 3.63) is 35.9 Å². The van der Waals surface area contributed by atoms with Gasteiger partial charge in [0.2, 0.25) is 0 Å². The number of hydrogen-bond acceptors (Lipinski definition) is 4. The maximum absolute atomic E-state index is 4.52. The van der Waals surface area contributed by atoms with Crippen LogP contribution in [-0.2, 0) is 0 Å². The minimum atomic E-state index is 0.667. The van der Waals surface area contributed by atoms with Gasteiger partial charge in [-0.3, -0.25) is 4.98 Å². The van der Waals surface area contributed by atoms with E-state index in [-0.39, 0.29) is 0 Å². The summed E-state index contributed by atoms with van der Waals surface area (Å²) in [5.41, 5.74) is 5.21. The Morgan fingerprint density at radius 1 is 0.850 bits per heavy atom. The zero-order valence-electron chi connectivity index (χ0n) is 11.1. The van der Waals surface area contributed by atoms with E-state index in [1.54, 1.807) is 6.20 Å². The highest BCUT2D eigenvalue weighted by molar-refractivity contribution is 5.87. The summed E-state index contributed by atoms with van der Waals surface area (Å²) in [5.74, 6) is 1.62. The molecule has 2 N–H and O–H groups in total. The second kappa shape index (κ2) is 3.86. The van der Waals surface area contributed by atoms with Gasteiger partial charge in [0, 0.05) is 18.0 Å². The fourth-order valence-corrected chi connectivity index (χ4v) is 2.31. The first kappa shape index (κ1) is 11.1. The Labute approximate surface area is 114 Å². The molecule has 0 amide bonds. The summed E-state index contributed by atoms with van der Waals surface area (Å²) in [7, 11) is 0. The monoisotopic (exact) mass is 264 g/mol. The van der Waals surface area contributed by atoms with Crippen molar-refractivity contribution in [2.45, 2.75) is 13.8 Å². The Morgan fingerprint density at radius 3 is 2.50 bits per heavy atom. The highest BCUT2D eigenvalue weighted by Gasteiger charge is 2.10. The third-order valence-electron chi connectivity index (χ3n) is 3.19. The van der Waals surface area contributed by atoms with Crippen LogP contribution >= 0.6 is 0 Å². The van der Waals surface area contributed by atoms with Crippen molar-refractivity contribution in [1.82, 2.24) is 29.9 Å². The Morgan fingerprint density at radius 2 is 1.65 bits per heavy atom. The summed E-state index contributed by atoms with van der Waals surface area (Å²) >= 11 is 0. The summed E-state index contributed by atoms with van der Waals surface area (Å²) in [6.45, 7) is 3.92. The molecule has 0 atom stereocenters. The molecule has 0 aliphatic carbocycles. The number of aryl methyl sites for hydroxylation is 2. The van der Waals surface area contributed by atoms with Crippen LogP contribution in [0.1, 0.15) is 11.4 Å². The summed E-state index contributed by atoms with van der Waals surface area (Å²) in [6, 6.07) is 4.02. The van der Waals surface area contributed by atoms with Crippen molar-refractivity contribution in [2.24, 2.45) is 0 Å². The van der Waals surface area contributed by atoms with Crippen LogP contribution in [0.3, 0.4) is 0 Å². The molecule has 0 saturated heterocycles. The first-order chi connectivity index (χ1) is 9.69. The first-order valence-corrected chi connectivity index (χ1v) is 6.34. The Hall–Kier alpha value is -2.76. The second-order valence-corrected chi connectivity index (χ2v) is 4.89. The molecule has 0 radical (unpaired) electrons. The zero-order valence-corrected chi connectivity index (χ0v) is 11.1. The highest BCUT2D eigenvalue weighted by atomic mass is 15.0. The van der Waals surface area contributed by atoms with Crippen LogP contribution in [-0.4, -0.2) is 29.9 Å². The number of nitrogens with one attached hydrogen (secondary N) is 2. The van der Waals surface area contributed by atoms with E-state index in [1.165, 1.54) is 0 Å². The average Bonchev–Trinajstić information content (AvgIpc) is 2.97. The van der Waals surface area contributed by atoms with Crippen molar-refractivity contribution in [3.63, 3.8) is 0 Å². The van der Waals surface area contributed by atoms with Crippen molar-refractivity contribution >= 4 is 22.3 Å². The van der Waals surface area contributed by atoms with E-state index < -0.39 is 0 Å². The van der Waals surface area contributed by atoms with Gasteiger partial charge in [-0.1, -0.05) is 0 Å². The van der Waals surface area contributed by atoms with Gasteiger partial charge >= 0.3 is 0 Å². The van der Waals surface area contributed by atoms with Crippen LogP contribution in [0, 0.1) is 13.8 Å². The van der Waals surface area contributed by atoms with Gasteiger partial charge in [0.25, 0.3) is 0 Å². The number of hydrogen-bond donors (Lipinski definition) is 2. The van der Waals surface area contributed by atoms with Crippen molar-refractivity contribution < 1.29 is 0 Å². The number of rotatable bonds is 1. The van der Waals surface area contributed by atoms with E-state index >= 15 is 0 Å². The molecule has 98 valence electrons. The van der Waals surface area contributed by atoms with Crippen LogP contribution in [0.2, 0.25) is 0 Å². The van der Waals surface area contributed by atoms with Gasteiger partial charge < -0.3 is 9.97 Å². The molecule has 4 rings (SSSR count). The summed E-state index contributed by atoms with van der Waals surface area (Å²) < 4.78 is 0. The van der Waals surface area contributed by atoms with E-state index in [2.05, 4.69) is 29.9 Å². The fraction of sp³-hybridized carbons (Fsp3) is 0.143. The largest absolute Gasteiger partial charge is 0.341 e. The quantitative estimate of drug-likeness (QED) is 0.553. The maximum Gasteiger partial charge on any atom is 0.180 e. The number of aromatic nitrogens is 6. The molecule has 4 aromatic heterocycles. The lowest BCUT2D eigenvalue weighted by atomic mass is 10.2. The van der Waals surface area contributed by atoms with E-state index in [9.17, 15) is 0 Å². The molecule has 6 heteroatoms. The normalized spacial score (nSPS) is 11.5. The van der Waals surface area contributed by atoms with Crippen LogP contribution in [0.15, 0.2) is 24.5 Å². The number of fused-ring (bicyclic) bond motifs is 2. The molecule has 0 aliphatic rings. The minimum absolute atomic E-state index is 0.667. The van der Waals surface area contributed by atoms with Gasteiger partial charge in [0.1, 0.15) is 11.6 Å². The predicted molar refractivity (Wildman–Crippen MR) is 76.2 cm³/mol. The Bertz CT molecular complexity index is 882. The van der Waals surface area contributed by atoms with Gasteiger partial charge in [0.15, 0.2) is 11.3 Å². The van der Waals surface area contributed by atoms with Gasteiger partial charge in [0.05, 0.1) is 11.0 Å². The Kier molecular flexibility index (Phi) is 2.14. The fourth-order valence-electron chi connectivity index (χ4n) is 2.31. The molecule has 0 aliphatic heterocycles. The number of H-pyrrole nitrogens is 2. The lowest BCUT2D eigenvalue weighted by Gasteiger charge is -1.96. The summed E-state index contributed by atoms with van der Waals surface area (Å²) in [5, 5.41) is 0. The van der Waals surface area contributed by atoms with Crippen molar-refractivity contribution in [3.8, 4) is 11.4 Å². The number of imidazole rings is 2. The molecule has 0 saturated carbocycles. The molecule has 6 nitrogen and oxygen atoms in total. The smallest absolute Gasteiger partial charge is 0.180 e. The zero-order chi connectivity index (χ0) is 13.7. The van der Waals surface area contributed by atoms with Gasteiger partial charge in [-0.2, -0.15) is 0 Å². The molecule has 0 bridgehead atoms. The van der Waals surface area contributed by atoms with Crippen molar-refractivity contribution in [2.75, 3.05) is 0 Å². The van der Waals surface area contributed by atoms with E-state index in [0.717, 1.165) is 33.8 Å². The van der Waals surface area contributed by atoms with Crippen molar-refractivity contribution in [1.29, 1.82) is 0 Å². The number of aromatic amines is 2. The first-order valence-electron chi connectivity index (χ1n) is 6.34. The van der Waals surface area contributed by atoms with Crippen LogP contribution in [0.4, 0.5) is 0 Å². The predicted octanol–water partition coefficient (Wildman–Crippen LogP) is 2.51. The Balaban J connectivity index is 1.94. The van der Waals surface area contributed by atoms with E-state index in [4.69, 9.17) is 0 Å². The van der Waals surface area contributed by atoms with Gasteiger partial charge in [-0.25, -0.2) is 15.0 Å². The molecule has 20 heavy (non-hydrogen) atoms. The molecule has 0 spiro atoms. The highest BCUT2D eigenvalue weighted by Crippen LogP contribution is 2.21. The topological polar surface area (TPSA) is 83.1 Å². The van der Waals surface area contributed by atoms with Crippen LogP contribution < -0.4 is 0 Å². The number of nitrogens with zero attached hydrogens (tertiary/aromatic N) is 4. The standard InChI is InChI=1S/C14H12N6/c1-7-3-9(6-15-5-7)12-18-11-4-10-13(17-8(2)16-10)20-14(11)19-12/h3-6H,1-2H3,(H2,16,17,18,19,20). The molecule has 0 aromatic carbocycles. The molecular weight excluding hydrogens is 252 g/mol. The third kappa shape index (κ3) is 1.65. The average molecular weight is 264 g/mol. The third-order valence-corrected chi connectivity index (χ3v) is 3.19.